The Hall–Kier alpha value is -1.34. The van der Waals surface area contributed by atoms with Crippen molar-refractivity contribution >= 4 is 10.8 Å². The lowest BCUT2D eigenvalue weighted by Gasteiger charge is -2.26. The zero-order valence-corrected chi connectivity index (χ0v) is 9.90. The van der Waals surface area contributed by atoms with E-state index in [1.54, 1.807) is 0 Å². The summed E-state index contributed by atoms with van der Waals surface area (Å²) in [5, 5.41) is 11.7. The molecule has 0 aliphatic carbocycles. The minimum absolute atomic E-state index is 0.0234. The third-order valence-electron chi connectivity index (χ3n) is 3.26. The molecule has 1 heteroatoms. The quantitative estimate of drug-likeness (QED) is 0.829. The number of fused-ring (bicyclic) bond motifs is 1. The Morgan fingerprint density at radius 1 is 1.00 bits per heavy atom. The van der Waals surface area contributed by atoms with Crippen LogP contribution in [0.2, 0.25) is 0 Å². The van der Waals surface area contributed by atoms with Crippen molar-refractivity contribution in [3.8, 4) is 0 Å². The fraction of sp³-hybridized carbons (Fsp3) is 0.333. The monoisotopic (exact) mass is 214 g/mol. The number of aliphatic hydroxyl groups excluding tert-OH is 1. The Balaban J connectivity index is 2.60. The first-order chi connectivity index (χ1) is 7.65. The largest absolute Gasteiger partial charge is 0.396 e. The number of aliphatic hydroxyl groups is 1. The van der Waals surface area contributed by atoms with Gasteiger partial charge < -0.3 is 5.11 Å². The van der Waals surface area contributed by atoms with Gasteiger partial charge in [-0.25, -0.2) is 0 Å². The van der Waals surface area contributed by atoms with Gasteiger partial charge in [0.05, 0.1) is 0 Å². The van der Waals surface area contributed by atoms with E-state index in [0.717, 1.165) is 6.42 Å². The first-order valence-corrected chi connectivity index (χ1v) is 5.74. The molecule has 0 heterocycles. The van der Waals surface area contributed by atoms with E-state index in [-0.39, 0.29) is 12.0 Å². The van der Waals surface area contributed by atoms with Crippen molar-refractivity contribution in [2.45, 2.75) is 25.7 Å². The molecule has 84 valence electrons. The van der Waals surface area contributed by atoms with Gasteiger partial charge in [-0.2, -0.15) is 0 Å². The number of hydrogen-bond acceptors (Lipinski definition) is 1. The number of benzene rings is 2. The molecule has 2 rings (SSSR count). The fourth-order valence-corrected chi connectivity index (χ4v) is 2.23. The van der Waals surface area contributed by atoms with E-state index in [2.05, 4.69) is 56.3 Å². The second-order valence-electron chi connectivity index (χ2n) is 4.88. The Morgan fingerprint density at radius 3 is 2.44 bits per heavy atom. The molecule has 0 aliphatic heterocycles. The summed E-state index contributed by atoms with van der Waals surface area (Å²) in [7, 11) is 0. The van der Waals surface area contributed by atoms with Gasteiger partial charge in [0.15, 0.2) is 0 Å². The van der Waals surface area contributed by atoms with Crippen molar-refractivity contribution in [2.24, 2.45) is 0 Å². The standard InChI is InChI=1S/C15H18O/c1-15(2,10-11-16)14-9-5-7-12-6-3-4-8-13(12)14/h3-9,16H,10-11H2,1-2H3. The van der Waals surface area contributed by atoms with Gasteiger partial charge in [-0.15, -0.1) is 0 Å². The normalized spacial score (nSPS) is 11.9. The Kier molecular flexibility index (Phi) is 2.97. The van der Waals surface area contributed by atoms with E-state index in [1.165, 1.54) is 16.3 Å². The fourth-order valence-electron chi connectivity index (χ4n) is 2.23. The van der Waals surface area contributed by atoms with E-state index in [4.69, 9.17) is 5.11 Å². The summed E-state index contributed by atoms with van der Waals surface area (Å²) in [5.74, 6) is 0. The van der Waals surface area contributed by atoms with Crippen LogP contribution in [0.4, 0.5) is 0 Å². The Bertz CT molecular complexity index is 480. The van der Waals surface area contributed by atoms with Crippen LogP contribution in [-0.4, -0.2) is 11.7 Å². The van der Waals surface area contributed by atoms with E-state index in [0.29, 0.717) is 0 Å². The molecule has 0 spiro atoms. The van der Waals surface area contributed by atoms with Crippen LogP contribution in [0.3, 0.4) is 0 Å². The van der Waals surface area contributed by atoms with Gasteiger partial charge in [-0.1, -0.05) is 56.3 Å². The maximum absolute atomic E-state index is 9.14. The lowest BCUT2D eigenvalue weighted by molar-refractivity contribution is 0.253. The van der Waals surface area contributed by atoms with Crippen molar-refractivity contribution in [2.75, 3.05) is 6.61 Å². The highest BCUT2D eigenvalue weighted by molar-refractivity contribution is 5.86. The minimum Gasteiger partial charge on any atom is -0.396 e. The van der Waals surface area contributed by atoms with Crippen LogP contribution in [0.1, 0.15) is 25.8 Å². The van der Waals surface area contributed by atoms with Gasteiger partial charge in [-0.05, 0) is 28.2 Å². The molecule has 0 amide bonds. The first kappa shape index (κ1) is 11.2. The molecule has 0 atom stereocenters. The third kappa shape index (κ3) is 1.96. The lowest BCUT2D eigenvalue weighted by atomic mass is 9.79. The minimum atomic E-state index is 0.0234. The van der Waals surface area contributed by atoms with Gasteiger partial charge in [0.25, 0.3) is 0 Å². The van der Waals surface area contributed by atoms with Crippen molar-refractivity contribution < 1.29 is 5.11 Å². The molecular formula is C15H18O. The second-order valence-corrected chi connectivity index (χ2v) is 4.88. The molecule has 0 unspecified atom stereocenters. The molecular weight excluding hydrogens is 196 g/mol. The van der Waals surface area contributed by atoms with E-state index in [9.17, 15) is 0 Å². The van der Waals surface area contributed by atoms with Crippen LogP contribution in [0.5, 0.6) is 0 Å². The highest BCUT2D eigenvalue weighted by Crippen LogP contribution is 2.32. The summed E-state index contributed by atoms with van der Waals surface area (Å²) in [5.41, 5.74) is 1.34. The predicted molar refractivity (Wildman–Crippen MR) is 68.7 cm³/mol. The second kappa shape index (κ2) is 4.26. The first-order valence-electron chi connectivity index (χ1n) is 5.74. The van der Waals surface area contributed by atoms with Crippen molar-refractivity contribution in [1.82, 2.24) is 0 Å². The summed E-state index contributed by atoms with van der Waals surface area (Å²) in [6, 6.07) is 14.8. The van der Waals surface area contributed by atoms with Gasteiger partial charge in [0, 0.05) is 6.61 Å². The van der Waals surface area contributed by atoms with Crippen LogP contribution in [0, 0.1) is 0 Å². The van der Waals surface area contributed by atoms with Gasteiger partial charge in [-0.3, -0.25) is 0 Å². The summed E-state index contributed by atoms with van der Waals surface area (Å²) < 4.78 is 0. The van der Waals surface area contributed by atoms with E-state index in [1.807, 2.05) is 0 Å². The molecule has 0 fully saturated rings. The summed E-state index contributed by atoms with van der Waals surface area (Å²) in [6.45, 7) is 4.60. The molecule has 1 N–H and O–H groups in total. The zero-order valence-electron chi connectivity index (χ0n) is 9.90. The van der Waals surface area contributed by atoms with Crippen molar-refractivity contribution in [3.63, 3.8) is 0 Å². The van der Waals surface area contributed by atoms with Gasteiger partial charge in [0.1, 0.15) is 0 Å². The van der Waals surface area contributed by atoms with Gasteiger partial charge in [0.2, 0.25) is 0 Å². The van der Waals surface area contributed by atoms with Crippen LogP contribution in [-0.2, 0) is 5.41 Å². The SMILES string of the molecule is CC(C)(CCO)c1cccc2ccccc12. The summed E-state index contributed by atoms with van der Waals surface area (Å²) in [4.78, 5) is 0. The topological polar surface area (TPSA) is 20.2 Å². The molecule has 2 aromatic carbocycles. The average Bonchev–Trinajstić information content (AvgIpc) is 2.28. The maximum atomic E-state index is 9.14. The summed E-state index contributed by atoms with van der Waals surface area (Å²) >= 11 is 0. The zero-order chi connectivity index (χ0) is 11.6. The molecule has 0 aromatic heterocycles. The molecule has 0 bridgehead atoms. The molecule has 0 aliphatic rings. The maximum Gasteiger partial charge on any atom is 0.0439 e. The van der Waals surface area contributed by atoms with Crippen LogP contribution < -0.4 is 0 Å². The Morgan fingerprint density at radius 2 is 1.69 bits per heavy atom. The van der Waals surface area contributed by atoms with Crippen LogP contribution >= 0.6 is 0 Å². The molecule has 16 heavy (non-hydrogen) atoms. The Labute approximate surface area is 96.7 Å². The van der Waals surface area contributed by atoms with Crippen molar-refractivity contribution in [1.29, 1.82) is 0 Å². The molecule has 2 aromatic rings. The number of rotatable bonds is 3. The third-order valence-corrected chi connectivity index (χ3v) is 3.26. The van der Waals surface area contributed by atoms with E-state index >= 15 is 0 Å². The summed E-state index contributed by atoms with van der Waals surface area (Å²) in [6.07, 6.45) is 0.793. The van der Waals surface area contributed by atoms with E-state index < -0.39 is 0 Å². The highest BCUT2D eigenvalue weighted by Gasteiger charge is 2.21. The van der Waals surface area contributed by atoms with Crippen molar-refractivity contribution in [3.05, 3.63) is 48.0 Å². The number of hydrogen-bond donors (Lipinski definition) is 1. The predicted octanol–water partition coefficient (Wildman–Crippen LogP) is 3.50. The smallest absolute Gasteiger partial charge is 0.0439 e. The molecule has 0 radical (unpaired) electrons. The average molecular weight is 214 g/mol. The van der Waals surface area contributed by atoms with Crippen LogP contribution in [0.25, 0.3) is 10.8 Å². The highest BCUT2D eigenvalue weighted by atomic mass is 16.3. The molecule has 0 saturated carbocycles. The van der Waals surface area contributed by atoms with Gasteiger partial charge >= 0.3 is 0 Å². The van der Waals surface area contributed by atoms with Crippen LogP contribution in [0.15, 0.2) is 42.5 Å². The lowest BCUT2D eigenvalue weighted by Crippen LogP contribution is -2.19. The molecule has 0 saturated heterocycles. The molecule has 1 nitrogen and oxygen atoms in total.